The maximum Gasteiger partial charge on any atom is 0.310 e. The topological polar surface area (TPSA) is 35.5 Å². The van der Waals surface area contributed by atoms with Gasteiger partial charge in [-0.3, -0.25) is 4.79 Å². The van der Waals surface area contributed by atoms with Crippen LogP contribution in [0.4, 0.5) is 0 Å². The quantitative estimate of drug-likeness (QED) is 0.0916. The second-order valence-electron chi connectivity index (χ2n) is 11.7. The molecule has 1 aromatic carbocycles. The Morgan fingerprint density at radius 1 is 0.853 bits per heavy atom. The van der Waals surface area contributed by atoms with Gasteiger partial charge in [0.05, 0.1) is 6.26 Å². The van der Waals surface area contributed by atoms with E-state index in [1.165, 1.54) is 55.7 Å². The van der Waals surface area contributed by atoms with Gasteiger partial charge in [-0.25, -0.2) is 0 Å². The molecule has 0 fully saturated rings. The van der Waals surface area contributed by atoms with Crippen LogP contribution in [0.3, 0.4) is 0 Å². The molecule has 0 N–H and O–H groups in total. The molecular formula is C29H52O3Si2. The molecule has 1 atom stereocenters. The number of unbranched alkanes of at least 4 members (excludes halogenated alkanes) is 7. The summed E-state index contributed by atoms with van der Waals surface area (Å²) in [5, 5.41) is 0. The number of hydrogen-bond donors (Lipinski definition) is 0. The highest BCUT2D eigenvalue weighted by Crippen LogP contribution is 2.23. The Morgan fingerprint density at radius 2 is 1.41 bits per heavy atom. The molecule has 0 aliphatic rings. The van der Waals surface area contributed by atoms with Gasteiger partial charge >= 0.3 is 5.97 Å². The third kappa shape index (κ3) is 14.9. The summed E-state index contributed by atoms with van der Waals surface area (Å²) in [6.45, 7) is 18.2. The van der Waals surface area contributed by atoms with Crippen molar-refractivity contribution >= 4 is 22.6 Å². The molecule has 34 heavy (non-hydrogen) atoms. The monoisotopic (exact) mass is 504 g/mol. The standard InChI is InChI=1S/C29H52O3Si2/c1-25(2)27-18-17-19-28(24-27)26(3)21-22-31-29(30)20-15-13-11-9-10-12-14-16-23-34(7,8)32-33(4,5)6/h17-19,21-22,24-26H,9-16,20,23H2,1-8H3. The van der Waals surface area contributed by atoms with Crippen molar-refractivity contribution in [2.45, 2.75) is 129 Å². The van der Waals surface area contributed by atoms with Crippen LogP contribution in [0.5, 0.6) is 0 Å². The third-order valence-electron chi connectivity index (χ3n) is 6.16. The summed E-state index contributed by atoms with van der Waals surface area (Å²) >= 11 is 0. The first-order valence-corrected chi connectivity index (χ1v) is 20.1. The number of carbonyl (C=O) groups is 1. The summed E-state index contributed by atoms with van der Waals surface area (Å²) in [5.74, 6) is 0.627. The lowest BCUT2D eigenvalue weighted by molar-refractivity contribution is -0.138. The van der Waals surface area contributed by atoms with Crippen molar-refractivity contribution in [2.75, 3.05) is 0 Å². The molecule has 1 rings (SSSR count). The van der Waals surface area contributed by atoms with Crippen LogP contribution >= 0.6 is 0 Å². The number of benzene rings is 1. The van der Waals surface area contributed by atoms with Crippen molar-refractivity contribution in [1.82, 2.24) is 0 Å². The van der Waals surface area contributed by atoms with Crippen LogP contribution < -0.4 is 0 Å². The van der Waals surface area contributed by atoms with Crippen molar-refractivity contribution in [3.05, 3.63) is 47.7 Å². The predicted octanol–water partition coefficient (Wildman–Crippen LogP) is 9.54. The highest BCUT2D eigenvalue weighted by atomic mass is 28.4. The number of rotatable bonds is 17. The lowest BCUT2D eigenvalue weighted by Crippen LogP contribution is -2.42. The second kappa shape index (κ2) is 15.7. The smallest absolute Gasteiger partial charge is 0.310 e. The van der Waals surface area contributed by atoms with E-state index in [0.29, 0.717) is 12.3 Å². The zero-order valence-electron chi connectivity index (χ0n) is 23.4. The van der Waals surface area contributed by atoms with Crippen molar-refractivity contribution in [2.24, 2.45) is 0 Å². The molecule has 0 aliphatic heterocycles. The Labute approximate surface area is 213 Å². The van der Waals surface area contributed by atoms with Crippen molar-refractivity contribution in [3.8, 4) is 0 Å². The first-order valence-electron chi connectivity index (χ1n) is 13.6. The average Bonchev–Trinajstić information content (AvgIpc) is 2.73. The maximum absolute atomic E-state index is 12.0. The molecule has 5 heteroatoms. The SMILES string of the molecule is CC(C)c1cccc(C(C)C=COC(=O)CCCCCCCCCC[Si](C)(C)O[Si](C)(C)C)c1. The number of carbonyl (C=O) groups excluding carboxylic acids is 1. The molecule has 0 saturated carbocycles. The van der Waals surface area contributed by atoms with Crippen molar-refractivity contribution in [1.29, 1.82) is 0 Å². The van der Waals surface area contributed by atoms with Gasteiger partial charge in [-0.05, 0) is 68.3 Å². The Kier molecular flexibility index (Phi) is 14.3. The minimum Gasteiger partial charge on any atom is -0.456 e. The Hall–Kier alpha value is -1.18. The number of esters is 1. The molecule has 194 valence electrons. The van der Waals surface area contributed by atoms with Crippen LogP contribution in [0, 0.1) is 0 Å². The van der Waals surface area contributed by atoms with E-state index < -0.39 is 16.6 Å². The number of ether oxygens (including phenoxy) is 1. The highest BCUT2D eigenvalue weighted by Gasteiger charge is 2.28. The normalized spacial score (nSPS) is 13.6. The van der Waals surface area contributed by atoms with Gasteiger partial charge in [0.15, 0.2) is 16.6 Å². The zero-order chi connectivity index (χ0) is 25.6. The fourth-order valence-corrected chi connectivity index (χ4v) is 12.5. The Bertz CT molecular complexity index is 735. The zero-order valence-corrected chi connectivity index (χ0v) is 25.4. The van der Waals surface area contributed by atoms with Crippen molar-refractivity contribution < 1.29 is 13.6 Å². The van der Waals surface area contributed by atoms with Gasteiger partial charge in [-0.1, -0.05) is 90.0 Å². The minimum absolute atomic E-state index is 0.119. The van der Waals surface area contributed by atoms with Gasteiger partial charge in [0.1, 0.15) is 0 Å². The molecule has 0 amide bonds. The molecule has 0 aliphatic carbocycles. The fourth-order valence-electron chi connectivity index (χ4n) is 4.37. The van der Waals surface area contributed by atoms with Crippen LogP contribution in [-0.2, 0) is 13.6 Å². The molecule has 0 spiro atoms. The third-order valence-corrected chi connectivity index (χ3v) is 12.4. The molecule has 0 aromatic heterocycles. The molecule has 0 heterocycles. The summed E-state index contributed by atoms with van der Waals surface area (Å²) in [5.41, 5.74) is 2.59. The van der Waals surface area contributed by atoms with E-state index in [1.807, 2.05) is 6.08 Å². The lowest BCUT2D eigenvalue weighted by Gasteiger charge is -2.31. The van der Waals surface area contributed by atoms with Gasteiger partial charge in [0.25, 0.3) is 0 Å². The van der Waals surface area contributed by atoms with Crippen LogP contribution in [0.25, 0.3) is 0 Å². The molecule has 1 aromatic rings. The number of allylic oxidation sites excluding steroid dienone is 1. The molecule has 0 saturated heterocycles. The predicted molar refractivity (Wildman–Crippen MR) is 152 cm³/mol. The summed E-state index contributed by atoms with van der Waals surface area (Å²) in [6, 6.07) is 9.93. The molecule has 1 unspecified atom stereocenters. The highest BCUT2D eigenvalue weighted by molar-refractivity contribution is 6.84. The molecule has 0 bridgehead atoms. The summed E-state index contributed by atoms with van der Waals surface area (Å²) < 4.78 is 11.7. The first-order chi connectivity index (χ1) is 15.9. The molecule has 0 radical (unpaired) electrons. The van der Waals surface area contributed by atoms with Gasteiger partial charge in [0, 0.05) is 12.3 Å². The minimum atomic E-state index is -1.46. The average molecular weight is 505 g/mol. The van der Waals surface area contributed by atoms with Gasteiger partial charge in [-0.15, -0.1) is 0 Å². The largest absolute Gasteiger partial charge is 0.456 e. The van der Waals surface area contributed by atoms with Crippen LogP contribution in [0.1, 0.15) is 102 Å². The Balaban J connectivity index is 2.07. The summed E-state index contributed by atoms with van der Waals surface area (Å²) in [4.78, 5) is 12.0. The second-order valence-corrected chi connectivity index (χ2v) is 20.8. The Morgan fingerprint density at radius 3 is 2.00 bits per heavy atom. The van der Waals surface area contributed by atoms with Crippen LogP contribution in [0.15, 0.2) is 36.6 Å². The van der Waals surface area contributed by atoms with E-state index >= 15 is 0 Å². The molecular weight excluding hydrogens is 452 g/mol. The van der Waals surface area contributed by atoms with E-state index in [0.717, 1.165) is 12.8 Å². The van der Waals surface area contributed by atoms with Crippen LogP contribution in [0.2, 0.25) is 38.8 Å². The van der Waals surface area contributed by atoms with Gasteiger partial charge in [-0.2, -0.15) is 0 Å². The summed E-state index contributed by atoms with van der Waals surface area (Å²) in [7, 11) is -2.86. The number of hydrogen-bond acceptors (Lipinski definition) is 3. The van der Waals surface area contributed by atoms with Crippen molar-refractivity contribution in [3.63, 3.8) is 0 Å². The fraction of sp³-hybridized carbons (Fsp3) is 0.690. The van der Waals surface area contributed by atoms with Gasteiger partial charge < -0.3 is 8.85 Å². The van der Waals surface area contributed by atoms with Gasteiger partial charge in [0.2, 0.25) is 0 Å². The summed E-state index contributed by atoms with van der Waals surface area (Å²) in [6.07, 6.45) is 13.8. The molecule has 3 nitrogen and oxygen atoms in total. The van der Waals surface area contributed by atoms with E-state index in [2.05, 4.69) is 77.8 Å². The van der Waals surface area contributed by atoms with E-state index in [4.69, 9.17) is 8.85 Å². The van der Waals surface area contributed by atoms with Crippen LogP contribution in [-0.4, -0.2) is 22.6 Å². The lowest BCUT2D eigenvalue weighted by atomic mass is 9.95. The van der Waals surface area contributed by atoms with E-state index in [9.17, 15) is 4.79 Å². The van der Waals surface area contributed by atoms with E-state index in [1.54, 1.807) is 6.26 Å². The maximum atomic E-state index is 12.0. The van der Waals surface area contributed by atoms with E-state index in [-0.39, 0.29) is 11.9 Å². The first kappa shape index (κ1) is 30.9.